The maximum Gasteiger partial charge on any atom is 0.244 e. The van der Waals surface area contributed by atoms with Crippen LogP contribution in [0.4, 0.5) is 14.7 Å². The van der Waals surface area contributed by atoms with Crippen LogP contribution in [0.3, 0.4) is 0 Å². The summed E-state index contributed by atoms with van der Waals surface area (Å²) in [6.45, 7) is 1.67. The highest BCUT2D eigenvalue weighted by Crippen LogP contribution is 2.16. The molecular weight excluding hydrogens is 276 g/mol. The predicted octanol–water partition coefficient (Wildman–Crippen LogP) is 1.60. The van der Waals surface area contributed by atoms with Crippen LogP contribution in [0.1, 0.15) is 24.2 Å². The average molecular weight is 293 g/mol. The number of nitrogens with zero attached hydrogens (tertiary/aromatic N) is 3. The van der Waals surface area contributed by atoms with Crippen molar-refractivity contribution in [2.75, 3.05) is 18.0 Å². The van der Waals surface area contributed by atoms with E-state index in [4.69, 9.17) is 5.73 Å². The maximum atomic E-state index is 13.2. The number of halogens is 2. The summed E-state index contributed by atoms with van der Waals surface area (Å²) in [7, 11) is 0. The molecule has 0 atom stereocenters. The summed E-state index contributed by atoms with van der Waals surface area (Å²) in [6, 6.07) is 4.09. The van der Waals surface area contributed by atoms with E-state index in [2.05, 4.69) is 20.1 Å². The van der Waals surface area contributed by atoms with Gasteiger partial charge in [0.25, 0.3) is 0 Å². The summed E-state index contributed by atoms with van der Waals surface area (Å²) in [4.78, 5) is 6.49. The molecule has 1 aliphatic rings. The number of aromatic amines is 1. The Hall–Kier alpha value is -2.02. The first-order valence-electron chi connectivity index (χ1n) is 6.97. The third kappa shape index (κ3) is 3.18. The van der Waals surface area contributed by atoms with E-state index in [-0.39, 0.29) is 6.04 Å². The minimum absolute atomic E-state index is 0.252. The molecule has 0 saturated carbocycles. The van der Waals surface area contributed by atoms with Gasteiger partial charge in [-0.15, -0.1) is 5.10 Å². The first kappa shape index (κ1) is 13.9. The van der Waals surface area contributed by atoms with Crippen molar-refractivity contribution >= 4 is 5.95 Å². The molecular formula is C14H17F2N5. The fourth-order valence-electron chi connectivity index (χ4n) is 2.45. The van der Waals surface area contributed by atoms with Crippen LogP contribution >= 0.6 is 0 Å². The monoisotopic (exact) mass is 293 g/mol. The molecule has 1 fully saturated rings. The lowest BCUT2D eigenvalue weighted by atomic mass is 10.1. The fourth-order valence-corrected chi connectivity index (χ4v) is 2.45. The number of aromatic nitrogens is 3. The van der Waals surface area contributed by atoms with Gasteiger partial charge in [-0.3, -0.25) is 5.10 Å². The van der Waals surface area contributed by atoms with E-state index in [9.17, 15) is 8.78 Å². The quantitative estimate of drug-likeness (QED) is 0.902. The summed E-state index contributed by atoms with van der Waals surface area (Å²) in [6.07, 6.45) is 2.23. The number of hydrogen-bond acceptors (Lipinski definition) is 4. The van der Waals surface area contributed by atoms with E-state index in [0.717, 1.165) is 32.0 Å². The van der Waals surface area contributed by atoms with Gasteiger partial charge in [-0.25, -0.2) is 8.78 Å². The Morgan fingerprint density at radius 2 is 2.00 bits per heavy atom. The largest absolute Gasteiger partial charge is 0.339 e. The van der Waals surface area contributed by atoms with Crippen molar-refractivity contribution < 1.29 is 8.78 Å². The summed E-state index contributed by atoms with van der Waals surface area (Å²) < 4.78 is 26.1. The van der Waals surface area contributed by atoms with Gasteiger partial charge in [0.2, 0.25) is 5.95 Å². The SMILES string of the molecule is NC1CCN(c2n[nH]c(Cc3ccc(F)c(F)c3)n2)CC1. The van der Waals surface area contributed by atoms with Crippen LogP contribution in [-0.2, 0) is 6.42 Å². The lowest BCUT2D eigenvalue weighted by molar-refractivity contribution is 0.496. The number of rotatable bonds is 3. The van der Waals surface area contributed by atoms with Crippen molar-refractivity contribution in [3.05, 3.63) is 41.2 Å². The number of hydrogen-bond donors (Lipinski definition) is 2. The van der Waals surface area contributed by atoms with Crippen molar-refractivity contribution in [1.29, 1.82) is 0 Å². The number of piperidine rings is 1. The molecule has 21 heavy (non-hydrogen) atoms. The summed E-state index contributed by atoms with van der Waals surface area (Å²) in [5.74, 6) is -0.427. The van der Waals surface area contributed by atoms with Crippen LogP contribution in [0.2, 0.25) is 0 Å². The van der Waals surface area contributed by atoms with E-state index in [0.29, 0.717) is 23.8 Å². The molecule has 0 radical (unpaired) electrons. The molecule has 0 amide bonds. The minimum atomic E-state index is -0.850. The van der Waals surface area contributed by atoms with Gasteiger partial charge in [0, 0.05) is 25.6 Å². The van der Waals surface area contributed by atoms with Crippen LogP contribution in [-0.4, -0.2) is 34.3 Å². The van der Waals surface area contributed by atoms with Gasteiger partial charge >= 0.3 is 0 Å². The summed E-state index contributed by atoms with van der Waals surface area (Å²) in [5.41, 5.74) is 6.52. The average Bonchev–Trinajstić information content (AvgIpc) is 2.92. The molecule has 1 aliphatic heterocycles. The van der Waals surface area contributed by atoms with Gasteiger partial charge in [-0.2, -0.15) is 4.98 Å². The zero-order valence-electron chi connectivity index (χ0n) is 11.5. The molecule has 1 aromatic carbocycles. The highest BCUT2D eigenvalue weighted by Gasteiger charge is 2.19. The van der Waals surface area contributed by atoms with Gasteiger partial charge in [0.15, 0.2) is 11.6 Å². The lowest BCUT2D eigenvalue weighted by Crippen LogP contribution is -2.40. The molecule has 7 heteroatoms. The van der Waals surface area contributed by atoms with Crippen molar-refractivity contribution in [1.82, 2.24) is 15.2 Å². The van der Waals surface area contributed by atoms with Crippen molar-refractivity contribution in [2.45, 2.75) is 25.3 Å². The van der Waals surface area contributed by atoms with Crippen molar-refractivity contribution in [3.8, 4) is 0 Å². The third-order valence-electron chi connectivity index (χ3n) is 3.70. The smallest absolute Gasteiger partial charge is 0.244 e. The van der Waals surface area contributed by atoms with Crippen LogP contribution in [0.5, 0.6) is 0 Å². The van der Waals surface area contributed by atoms with Gasteiger partial charge in [0.05, 0.1) is 0 Å². The highest BCUT2D eigenvalue weighted by molar-refractivity contribution is 5.31. The van der Waals surface area contributed by atoms with Gasteiger partial charge in [0.1, 0.15) is 5.82 Å². The number of nitrogens with two attached hydrogens (primary N) is 1. The van der Waals surface area contributed by atoms with Crippen molar-refractivity contribution in [2.24, 2.45) is 5.73 Å². The van der Waals surface area contributed by atoms with Crippen molar-refractivity contribution in [3.63, 3.8) is 0 Å². The van der Waals surface area contributed by atoms with E-state index in [1.165, 1.54) is 6.07 Å². The molecule has 0 spiro atoms. The Balaban J connectivity index is 1.68. The Morgan fingerprint density at radius 3 is 2.71 bits per heavy atom. The summed E-state index contributed by atoms with van der Waals surface area (Å²) >= 11 is 0. The molecule has 1 saturated heterocycles. The first-order valence-corrected chi connectivity index (χ1v) is 6.97. The molecule has 2 heterocycles. The molecule has 1 aromatic heterocycles. The number of nitrogens with one attached hydrogen (secondary N) is 1. The van der Waals surface area contributed by atoms with Crippen LogP contribution in [0.25, 0.3) is 0 Å². The van der Waals surface area contributed by atoms with Gasteiger partial charge in [-0.1, -0.05) is 6.07 Å². The van der Waals surface area contributed by atoms with E-state index in [1.807, 2.05) is 0 Å². The molecule has 112 valence electrons. The molecule has 5 nitrogen and oxygen atoms in total. The van der Waals surface area contributed by atoms with E-state index >= 15 is 0 Å². The van der Waals surface area contributed by atoms with Gasteiger partial charge in [-0.05, 0) is 30.5 Å². The zero-order valence-corrected chi connectivity index (χ0v) is 11.5. The molecule has 0 bridgehead atoms. The third-order valence-corrected chi connectivity index (χ3v) is 3.70. The van der Waals surface area contributed by atoms with Crippen LogP contribution in [0.15, 0.2) is 18.2 Å². The standard InChI is InChI=1S/C14H17F2N5/c15-11-2-1-9(7-12(11)16)8-13-18-14(20-19-13)21-5-3-10(17)4-6-21/h1-2,7,10H,3-6,8,17H2,(H,18,19,20). The van der Waals surface area contributed by atoms with Crippen LogP contribution < -0.4 is 10.6 Å². The second-order valence-electron chi connectivity index (χ2n) is 5.33. The molecule has 3 N–H and O–H groups in total. The molecule has 3 rings (SSSR count). The summed E-state index contributed by atoms with van der Waals surface area (Å²) in [5, 5.41) is 7.03. The Bertz CT molecular complexity index is 620. The lowest BCUT2D eigenvalue weighted by Gasteiger charge is -2.28. The number of H-pyrrole nitrogens is 1. The normalized spacial score (nSPS) is 16.4. The maximum absolute atomic E-state index is 13.2. The fraction of sp³-hybridized carbons (Fsp3) is 0.429. The second-order valence-corrected chi connectivity index (χ2v) is 5.33. The van der Waals surface area contributed by atoms with E-state index in [1.54, 1.807) is 6.07 Å². The Labute approximate surface area is 121 Å². The minimum Gasteiger partial charge on any atom is -0.339 e. The molecule has 0 aliphatic carbocycles. The van der Waals surface area contributed by atoms with E-state index < -0.39 is 11.6 Å². The second kappa shape index (κ2) is 5.77. The Morgan fingerprint density at radius 1 is 1.24 bits per heavy atom. The van der Waals surface area contributed by atoms with Gasteiger partial charge < -0.3 is 10.6 Å². The molecule has 2 aromatic rings. The Kier molecular flexibility index (Phi) is 3.83. The number of anilines is 1. The zero-order chi connectivity index (χ0) is 14.8. The highest BCUT2D eigenvalue weighted by atomic mass is 19.2. The first-order chi connectivity index (χ1) is 10.1. The topological polar surface area (TPSA) is 70.8 Å². The van der Waals surface area contributed by atoms with Crippen LogP contribution in [0, 0.1) is 11.6 Å². The predicted molar refractivity (Wildman–Crippen MR) is 75.0 cm³/mol. The number of benzene rings is 1. The molecule has 0 unspecified atom stereocenters.